The van der Waals surface area contributed by atoms with E-state index in [1.807, 2.05) is 0 Å². The molecule has 0 aliphatic rings. The van der Waals surface area contributed by atoms with Gasteiger partial charge >= 0.3 is 5.97 Å². The van der Waals surface area contributed by atoms with Crippen molar-refractivity contribution in [3.63, 3.8) is 0 Å². The molecule has 0 radical (unpaired) electrons. The average molecular weight is 241 g/mol. The Kier molecular flexibility index (Phi) is 4.71. The van der Waals surface area contributed by atoms with Crippen LogP contribution >= 0.6 is 0 Å². The number of carbonyl (C=O) groups excluding carboxylic acids is 1. The predicted molar refractivity (Wildman–Crippen MR) is 57.3 cm³/mol. The molecule has 0 bridgehead atoms. The Morgan fingerprint density at radius 3 is 2.76 bits per heavy atom. The summed E-state index contributed by atoms with van der Waals surface area (Å²) < 4.78 is 5.07. The fourth-order valence-electron chi connectivity index (χ4n) is 1.77. The first-order valence-electron chi connectivity index (χ1n) is 5.27. The van der Waals surface area contributed by atoms with E-state index in [2.05, 4.69) is 0 Å². The van der Waals surface area contributed by atoms with Gasteiger partial charge in [-0.3, -0.25) is 14.8 Å². The number of rotatable bonds is 7. The third-order valence-corrected chi connectivity index (χ3v) is 2.65. The van der Waals surface area contributed by atoms with Gasteiger partial charge in [0.05, 0.1) is 18.2 Å². The lowest BCUT2D eigenvalue weighted by Gasteiger charge is -2.26. The highest BCUT2D eigenvalue weighted by Gasteiger charge is 2.31. The van der Waals surface area contributed by atoms with Crippen LogP contribution in [0.4, 0.5) is 0 Å². The van der Waals surface area contributed by atoms with E-state index in [0.717, 1.165) is 0 Å². The van der Waals surface area contributed by atoms with Gasteiger partial charge in [0.25, 0.3) is 0 Å². The molecular weight excluding hydrogens is 226 g/mol. The van der Waals surface area contributed by atoms with Crippen molar-refractivity contribution < 1.29 is 24.3 Å². The molecule has 6 nitrogen and oxygen atoms in total. The van der Waals surface area contributed by atoms with Gasteiger partial charge in [0.15, 0.2) is 0 Å². The number of hydroxylamine groups is 2. The van der Waals surface area contributed by atoms with Crippen molar-refractivity contribution in [2.45, 2.75) is 25.8 Å². The largest absolute Gasteiger partial charge is 0.481 e. The minimum atomic E-state index is -1.07. The van der Waals surface area contributed by atoms with E-state index in [-0.39, 0.29) is 12.8 Å². The Bertz CT molecular complexity index is 362. The summed E-state index contributed by atoms with van der Waals surface area (Å²) in [5, 5.41) is 18.9. The molecule has 2 N–H and O–H groups in total. The molecule has 0 spiro atoms. The number of hydrogen-bond acceptors (Lipinski definition) is 4. The van der Waals surface area contributed by atoms with Crippen LogP contribution in [-0.2, 0) is 16.0 Å². The van der Waals surface area contributed by atoms with E-state index in [0.29, 0.717) is 17.2 Å². The van der Waals surface area contributed by atoms with E-state index in [1.165, 1.54) is 6.26 Å². The SMILES string of the molecule is CCC(C(Cc1ccco1)C(=O)O)N(O)C=O. The minimum absolute atomic E-state index is 0.131. The lowest BCUT2D eigenvalue weighted by molar-refractivity contribution is -0.172. The second-order valence-electron chi connectivity index (χ2n) is 3.69. The quantitative estimate of drug-likeness (QED) is 0.424. The fourth-order valence-corrected chi connectivity index (χ4v) is 1.77. The normalized spacial score (nSPS) is 14.0. The Labute approximate surface area is 98.4 Å². The van der Waals surface area contributed by atoms with Crippen LogP contribution in [0.15, 0.2) is 22.8 Å². The average Bonchev–Trinajstić information content (AvgIpc) is 2.80. The Morgan fingerprint density at radius 2 is 2.35 bits per heavy atom. The zero-order valence-electron chi connectivity index (χ0n) is 9.44. The summed E-state index contributed by atoms with van der Waals surface area (Å²) in [4.78, 5) is 21.6. The number of nitrogens with zero attached hydrogens (tertiary/aromatic N) is 1. The molecule has 94 valence electrons. The predicted octanol–water partition coefficient (Wildman–Crippen LogP) is 1.15. The topological polar surface area (TPSA) is 91.0 Å². The van der Waals surface area contributed by atoms with Crippen LogP contribution in [0.2, 0.25) is 0 Å². The molecule has 0 saturated carbocycles. The van der Waals surface area contributed by atoms with E-state index in [1.54, 1.807) is 19.1 Å². The smallest absolute Gasteiger partial charge is 0.309 e. The van der Waals surface area contributed by atoms with Crippen LogP contribution in [0.25, 0.3) is 0 Å². The number of carbonyl (C=O) groups is 2. The number of hydrogen-bond donors (Lipinski definition) is 2. The van der Waals surface area contributed by atoms with Crippen molar-refractivity contribution in [1.82, 2.24) is 5.06 Å². The standard InChI is InChI=1S/C11H15NO5/c1-2-10(12(16)7-13)9(11(14)15)6-8-4-3-5-17-8/h3-5,7,9-10,16H,2,6H2,1H3,(H,14,15). The summed E-state index contributed by atoms with van der Waals surface area (Å²) in [6.45, 7) is 1.70. The zero-order valence-corrected chi connectivity index (χ0v) is 9.44. The number of aliphatic carboxylic acids is 1. The van der Waals surface area contributed by atoms with Crippen molar-refractivity contribution in [3.8, 4) is 0 Å². The van der Waals surface area contributed by atoms with Crippen molar-refractivity contribution in [1.29, 1.82) is 0 Å². The van der Waals surface area contributed by atoms with Gasteiger partial charge in [0.2, 0.25) is 6.41 Å². The highest BCUT2D eigenvalue weighted by molar-refractivity contribution is 5.71. The van der Waals surface area contributed by atoms with Crippen LogP contribution in [0, 0.1) is 5.92 Å². The lowest BCUT2D eigenvalue weighted by atomic mass is 9.93. The molecule has 0 fully saturated rings. The molecule has 1 heterocycles. The Hall–Kier alpha value is -1.82. The molecule has 0 aliphatic heterocycles. The van der Waals surface area contributed by atoms with Crippen molar-refractivity contribution in [2.75, 3.05) is 0 Å². The third kappa shape index (κ3) is 3.32. The van der Waals surface area contributed by atoms with Gasteiger partial charge < -0.3 is 9.52 Å². The molecule has 1 aromatic heterocycles. The molecule has 0 saturated heterocycles. The molecule has 6 heteroatoms. The number of carboxylic acid groups (broad SMARTS) is 1. The first-order valence-corrected chi connectivity index (χ1v) is 5.27. The highest BCUT2D eigenvalue weighted by atomic mass is 16.5. The number of amides is 1. The zero-order chi connectivity index (χ0) is 12.8. The molecular formula is C11H15NO5. The van der Waals surface area contributed by atoms with Gasteiger partial charge in [-0.25, -0.2) is 5.06 Å². The summed E-state index contributed by atoms with van der Waals surface area (Å²) >= 11 is 0. The highest BCUT2D eigenvalue weighted by Crippen LogP contribution is 2.19. The van der Waals surface area contributed by atoms with Gasteiger partial charge in [-0.05, 0) is 18.6 Å². The van der Waals surface area contributed by atoms with Crippen LogP contribution in [0.5, 0.6) is 0 Å². The Morgan fingerprint density at radius 1 is 1.65 bits per heavy atom. The molecule has 1 rings (SSSR count). The number of carboxylic acids is 1. The summed E-state index contributed by atoms with van der Waals surface area (Å²) in [5.74, 6) is -1.47. The van der Waals surface area contributed by atoms with E-state index in [9.17, 15) is 14.8 Å². The van der Waals surface area contributed by atoms with E-state index >= 15 is 0 Å². The van der Waals surface area contributed by atoms with Crippen molar-refractivity contribution in [2.24, 2.45) is 5.92 Å². The van der Waals surface area contributed by atoms with Crippen molar-refractivity contribution in [3.05, 3.63) is 24.2 Å². The second kappa shape index (κ2) is 6.05. The van der Waals surface area contributed by atoms with Gasteiger partial charge in [-0.15, -0.1) is 0 Å². The summed E-state index contributed by atoms with van der Waals surface area (Å²) in [5.41, 5.74) is 0. The molecule has 0 aromatic carbocycles. The van der Waals surface area contributed by atoms with Gasteiger partial charge in [-0.1, -0.05) is 6.92 Å². The van der Waals surface area contributed by atoms with Gasteiger partial charge in [0, 0.05) is 6.42 Å². The molecule has 0 aliphatic carbocycles. The molecule has 17 heavy (non-hydrogen) atoms. The number of furan rings is 1. The van der Waals surface area contributed by atoms with Crippen LogP contribution in [-0.4, -0.2) is 33.8 Å². The maximum Gasteiger partial charge on any atom is 0.309 e. The second-order valence-corrected chi connectivity index (χ2v) is 3.69. The summed E-state index contributed by atoms with van der Waals surface area (Å²) in [6.07, 6.45) is 2.14. The molecule has 2 unspecified atom stereocenters. The van der Waals surface area contributed by atoms with Gasteiger partial charge in [0.1, 0.15) is 5.76 Å². The molecule has 2 atom stereocenters. The van der Waals surface area contributed by atoms with E-state index in [4.69, 9.17) is 9.52 Å². The van der Waals surface area contributed by atoms with Crippen molar-refractivity contribution >= 4 is 12.4 Å². The molecule has 1 amide bonds. The third-order valence-electron chi connectivity index (χ3n) is 2.65. The lowest BCUT2D eigenvalue weighted by Crippen LogP contribution is -2.41. The fraction of sp³-hybridized carbons (Fsp3) is 0.455. The first kappa shape index (κ1) is 13.2. The Balaban J connectivity index is 2.83. The van der Waals surface area contributed by atoms with Gasteiger partial charge in [-0.2, -0.15) is 0 Å². The van der Waals surface area contributed by atoms with E-state index < -0.39 is 17.9 Å². The van der Waals surface area contributed by atoms with Crippen LogP contribution < -0.4 is 0 Å². The van der Waals surface area contributed by atoms with Crippen LogP contribution in [0.1, 0.15) is 19.1 Å². The van der Waals surface area contributed by atoms with Crippen LogP contribution in [0.3, 0.4) is 0 Å². The maximum absolute atomic E-state index is 11.2. The molecule has 1 aromatic rings. The summed E-state index contributed by atoms with van der Waals surface area (Å²) in [7, 11) is 0. The summed E-state index contributed by atoms with van der Waals surface area (Å²) in [6, 6.07) is 2.55. The maximum atomic E-state index is 11.2. The minimum Gasteiger partial charge on any atom is -0.481 e. The monoisotopic (exact) mass is 241 g/mol. The first-order chi connectivity index (χ1) is 8.10.